The SMILES string of the molecule is CC/C=C/C=C/C=C/C=C/C=C/CCCC(=O)OC(COC(=O)CCC/C=C/C/C=C/C/C=C/C/C=C/C/C=C/C/C=C/CC)CO[C@H]1O[C@@H](CO)[C@@H](O)C(O)C1O. The summed E-state index contributed by atoms with van der Waals surface area (Å²) in [6.07, 6.45) is 46.2. The van der Waals surface area contributed by atoms with E-state index in [1.807, 2.05) is 60.8 Å². The summed E-state index contributed by atoms with van der Waals surface area (Å²) in [7, 11) is 0. The van der Waals surface area contributed by atoms with Crippen molar-refractivity contribution in [3.63, 3.8) is 0 Å². The van der Waals surface area contributed by atoms with Gasteiger partial charge in [0, 0.05) is 12.8 Å². The molecule has 322 valence electrons. The monoisotopic (exact) mass is 806 g/mol. The molecule has 0 aromatic heterocycles. The highest BCUT2D eigenvalue weighted by Gasteiger charge is 2.44. The zero-order chi connectivity index (χ0) is 42.3. The minimum absolute atomic E-state index is 0.112. The lowest BCUT2D eigenvalue weighted by molar-refractivity contribution is -0.305. The molecule has 1 heterocycles. The Morgan fingerprint density at radius 2 is 1.02 bits per heavy atom. The molecule has 10 heteroatoms. The van der Waals surface area contributed by atoms with Gasteiger partial charge in [-0.25, -0.2) is 0 Å². The van der Waals surface area contributed by atoms with Crippen molar-refractivity contribution in [3.05, 3.63) is 134 Å². The van der Waals surface area contributed by atoms with E-state index in [4.69, 9.17) is 18.9 Å². The van der Waals surface area contributed by atoms with Crippen LogP contribution in [0.2, 0.25) is 0 Å². The molecule has 0 saturated carbocycles. The van der Waals surface area contributed by atoms with Gasteiger partial charge in [-0.15, -0.1) is 0 Å². The molecule has 58 heavy (non-hydrogen) atoms. The fourth-order valence-corrected chi connectivity index (χ4v) is 5.17. The van der Waals surface area contributed by atoms with E-state index in [1.54, 1.807) is 0 Å². The highest BCUT2D eigenvalue weighted by molar-refractivity contribution is 5.70. The number of carbonyl (C=O) groups is 2. The van der Waals surface area contributed by atoms with Crippen LogP contribution in [0.15, 0.2) is 134 Å². The Hall–Kier alpha value is -4.16. The first-order chi connectivity index (χ1) is 28.3. The van der Waals surface area contributed by atoms with Crippen LogP contribution in [0, 0.1) is 0 Å². The Labute approximate surface area is 347 Å². The lowest BCUT2D eigenvalue weighted by Crippen LogP contribution is -2.59. The number of hydrogen-bond acceptors (Lipinski definition) is 10. The first kappa shape index (κ1) is 51.9. The van der Waals surface area contributed by atoms with Crippen molar-refractivity contribution >= 4 is 11.9 Å². The van der Waals surface area contributed by atoms with Gasteiger partial charge in [-0.1, -0.05) is 148 Å². The maximum Gasteiger partial charge on any atom is 0.306 e. The van der Waals surface area contributed by atoms with Crippen molar-refractivity contribution in [1.82, 2.24) is 0 Å². The van der Waals surface area contributed by atoms with Gasteiger partial charge in [0.1, 0.15) is 31.0 Å². The van der Waals surface area contributed by atoms with E-state index in [2.05, 4.69) is 86.8 Å². The van der Waals surface area contributed by atoms with E-state index in [9.17, 15) is 30.0 Å². The molecule has 1 aliphatic heterocycles. The number of carbonyl (C=O) groups excluding carboxylic acids is 2. The Balaban J connectivity index is 2.46. The van der Waals surface area contributed by atoms with Gasteiger partial charge < -0.3 is 39.4 Å². The van der Waals surface area contributed by atoms with Gasteiger partial charge in [0.15, 0.2) is 12.4 Å². The number of aliphatic hydroxyl groups is 4. The number of ether oxygens (including phenoxy) is 4. The minimum Gasteiger partial charge on any atom is -0.462 e. The largest absolute Gasteiger partial charge is 0.462 e. The molecule has 10 nitrogen and oxygen atoms in total. The van der Waals surface area contributed by atoms with Crippen molar-refractivity contribution in [1.29, 1.82) is 0 Å². The van der Waals surface area contributed by atoms with E-state index < -0.39 is 55.4 Å². The zero-order valence-electron chi connectivity index (χ0n) is 34.7. The van der Waals surface area contributed by atoms with Crippen LogP contribution in [-0.4, -0.2) is 89.0 Å². The number of hydrogen-bond donors (Lipinski definition) is 4. The molecule has 0 aromatic rings. The fraction of sp³-hybridized carbons (Fsp3) is 0.500. The lowest BCUT2D eigenvalue weighted by atomic mass is 9.99. The molecule has 1 fully saturated rings. The number of unbranched alkanes of at least 4 members (excludes halogenated alkanes) is 2. The van der Waals surface area contributed by atoms with Gasteiger partial charge in [-0.05, 0) is 70.6 Å². The molecule has 0 amide bonds. The molecule has 0 aliphatic carbocycles. The van der Waals surface area contributed by atoms with Gasteiger partial charge in [-0.2, -0.15) is 0 Å². The Morgan fingerprint density at radius 1 is 0.552 bits per heavy atom. The second-order valence-electron chi connectivity index (χ2n) is 13.4. The molecule has 3 unspecified atom stereocenters. The summed E-state index contributed by atoms with van der Waals surface area (Å²) in [5.74, 6) is -0.982. The third-order valence-electron chi connectivity index (χ3n) is 8.41. The smallest absolute Gasteiger partial charge is 0.306 e. The van der Waals surface area contributed by atoms with Crippen molar-refractivity contribution in [2.45, 2.75) is 134 Å². The topological polar surface area (TPSA) is 152 Å². The quantitative estimate of drug-likeness (QED) is 0.0232. The molecule has 1 rings (SSSR count). The van der Waals surface area contributed by atoms with Crippen LogP contribution in [-0.2, 0) is 28.5 Å². The van der Waals surface area contributed by atoms with Gasteiger partial charge in [0.05, 0.1) is 13.2 Å². The van der Waals surface area contributed by atoms with E-state index in [1.165, 1.54) is 0 Å². The Kier molecular flexibility index (Phi) is 33.2. The number of rotatable bonds is 31. The maximum atomic E-state index is 12.7. The van der Waals surface area contributed by atoms with Crippen LogP contribution in [0.4, 0.5) is 0 Å². The van der Waals surface area contributed by atoms with Crippen molar-refractivity contribution in [3.8, 4) is 0 Å². The Bertz CT molecular complexity index is 1390. The van der Waals surface area contributed by atoms with E-state index in [0.29, 0.717) is 25.7 Å². The second kappa shape index (κ2) is 37.1. The Morgan fingerprint density at radius 3 is 1.55 bits per heavy atom. The summed E-state index contributed by atoms with van der Waals surface area (Å²) in [5.41, 5.74) is 0. The van der Waals surface area contributed by atoms with Crippen LogP contribution >= 0.6 is 0 Å². The highest BCUT2D eigenvalue weighted by atomic mass is 16.7. The second-order valence-corrected chi connectivity index (χ2v) is 13.4. The zero-order valence-corrected chi connectivity index (χ0v) is 34.7. The molecule has 0 aromatic carbocycles. The summed E-state index contributed by atoms with van der Waals surface area (Å²) in [6.45, 7) is 2.98. The van der Waals surface area contributed by atoms with Crippen LogP contribution in [0.25, 0.3) is 0 Å². The molecule has 0 bridgehead atoms. The van der Waals surface area contributed by atoms with Crippen molar-refractivity contribution < 1.29 is 49.0 Å². The summed E-state index contributed by atoms with van der Waals surface area (Å²) in [5, 5.41) is 40.0. The number of aliphatic hydroxyl groups excluding tert-OH is 4. The minimum atomic E-state index is -1.63. The molecule has 0 spiro atoms. The maximum absolute atomic E-state index is 12.7. The molecule has 6 atom stereocenters. The van der Waals surface area contributed by atoms with Crippen molar-refractivity contribution in [2.24, 2.45) is 0 Å². The van der Waals surface area contributed by atoms with Gasteiger partial charge >= 0.3 is 11.9 Å². The van der Waals surface area contributed by atoms with Gasteiger partial charge in [-0.3, -0.25) is 9.59 Å². The normalized spacial score (nSPS) is 21.5. The summed E-state index contributed by atoms with van der Waals surface area (Å²) in [6, 6.07) is 0. The third kappa shape index (κ3) is 28.3. The van der Waals surface area contributed by atoms with E-state index >= 15 is 0 Å². The average Bonchev–Trinajstić information content (AvgIpc) is 3.22. The molecular weight excluding hydrogens is 737 g/mol. The van der Waals surface area contributed by atoms with E-state index in [-0.39, 0.29) is 26.1 Å². The first-order valence-electron chi connectivity index (χ1n) is 20.8. The first-order valence-corrected chi connectivity index (χ1v) is 20.8. The lowest BCUT2D eigenvalue weighted by Gasteiger charge is -2.39. The number of allylic oxidation sites excluding steroid dienone is 22. The predicted molar refractivity (Wildman–Crippen MR) is 232 cm³/mol. The van der Waals surface area contributed by atoms with Crippen molar-refractivity contribution in [2.75, 3.05) is 19.8 Å². The third-order valence-corrected chi connectivity index (χ3v) is 8.41. The molecular formula is C48H70O10. The van der Waals surface area contributed by atoms with Crippen LogP contribution in [0.5, 0.6) is 0 Å². The summed E-state index contributed by atoms with van der Waals surface area (Å²) >= 11 is 0. The van der Waals surface area contributed by atoms with Crippen LogP contribution in [0.1, 0.15) is 97.3 Å². The predicted octanol–water partition coefficient (Wildman–Crippen LogP) is 8.49. The van der Waals surface area contributed by atoms with Gasteiger partial charge in [0.2, 0.25) is 0 Å². The summed E-state index contributed by atoms with van der Waals surface area (Å²) < 4.78 is 21.9. The molecule has 4 N–H and O–H groups in total. The van der Waals surface area contributed by atoms with E-state index in [0.717, 1.165) is 44.9 Å². The summed E-state index contributed by atoms with van der Waals surface area (Å²) in [4.78, 5) is 25.2. The van der Waals surface area contributed by atoms with Gasteiger partial charge in [0.25, 0.3) is 0 Å². The standard InChI is InChI=1S/C48H70O10/c1-3-5-7-9-11-13-15-17-18-19-20-21-22-23-25-26-28-30-32-34-36-43(50)55-39-41(40-56-48-47(54)46(53)45(52)42(38-49)58-48)57-44(51)37-35-33-31-29-27-24-16-14-12-10-8-6-4-2/h5-8,10-14,16-18,20-21,23-25,27-31,41-42,45-49,52-54H,3-4,9,15,19,22,26,32-40H2,1-2H3/b7-5+,8-6+,12-10+,13-11+,16-14+,18-17+,21-20+,25-23+,27-24+,30-28+,31-29+/t41?,42-,45+,46?,47?,48-/m0/s1. The molecule has 1 saturated heterocycles. The fourth-order valence-electron chi connectivity index (χ4n) is 5.17. The average molecular weight is 807 g/mol. The van der Waals surface area contributed by atoms with Crippen LogP contribution in [0.3, 0.4) is 0 Å². The number of esters is 2. The molecule has 0 radical (unpaired) electrons. The molecule has 1 aliphatic rings. The van der Waals surface area contributed by atoms with Crippen LogP contribution < -0.4 is 0 Å². The highest BCUT2D eigenvalue weighted by Crippen LogP contribution is 2.22.